The third kappa shape index (κ3) is 3.42. The molecule has 98 valence electrons. The summed E-state index contributed by atoms with van der Waals surface area (Å²) in [5, 5.41) is 0.977. The summed E-state index contributed by atoms with van der Waals surface area (Å²) in [5.74, 6) is 0.722. The molecule has 0 aliphatic rings. The monoisotopic (exact) mass is 378 g/mol. The second-order valence-corrected chi connectivity index (χ2v) is 5.74. The van der Waals surface area contributed by atoms with E-state index in [1.165, 1.54) is 12.1 Å². The highest BCUT2D eigenvalue weighted by Crippen LogP contribution is 2.37. The SMILES string of the molecule is O=Cc1cc(Br)ccc1Oc1cc(Cl)c(Cl)cc1Cl. The maximum absolute atomic E-state index is 11.0. The van der Waals surface area contributed by atoms with Gasteiger partial charge in [-0.05, 0) is 24.3 Å². The van der Waals surface area contributed by atoms with E-state index in [-0.39, 0.29) is 0 Å². The van der Waals surface area contributed by atoms with E-state index in [1.807, 2.05) is 0 Å². The topological polar surface area (TPSA) is 26.3 Å². The molecular weight excluding hydrogens is 374 g/mol. The molecule has 2 aromatic carbocycles. The minimum atomic E-state index is 0.314. The van der Waals surface area contributed by atoms with Crippen molar-refractivity contribution in [2.75, 3.05) is 0 Å². The minimum absolute atomic E-state index is 0.314. The van der Waals surface area contributed by atoms with Crippen LogP contribution in [0.3, 0.4) is 0 Å². The lowest BCUT2D eigenvalue weighted by atomic mass is 10.2. The van der Waals surface area contributed by atoms with Crippen LogP contribution in [0.4, 0.5) is 0 Å². The van der Waals surface area contributed by atoms with Crippen LogP contribution in [0.5, 0.6) is 11.5 Å². The normalized spacial score (nSPS) is 10.3. The number of aldehydes is 1. The molecule has 6 heteroatoms. The van der Waals surface area contributed by atoms with E-state index in [0.29, 0.717) is 38.4 Å². The maximum atomic E-state index is 11.0. The molecule has 0 radical (unpaired) electrons. The first-order chi connectivity index (χ1) is 9.01. The van der Waals surface area contributed by atoms with Gasteiger partial charge in [0.25, 0.3) is 0 Å². The van der Waals surface area contributed by atoms with Gasteiger partial charge >= 0.3 is 0 Å². The van der Waals surface area contributed by atoms with Crippen LogP contribution < -0.4 is 4.74 Å². The Kier molecular flexibility index (Phi) is 4.74. The first kappa shape index (κ1) is 14.7. The van der Waals surface area contributed by atoms with Gasteiger partial charge in [-0.2, -0.15) is 0 Å². The molecule has 0 heterocycles. The molecule has 2 aromatic rings. The van der Waals surface area contributed by atoms with Crippen LogP contribution >= 0.6 is 50.7 Å². The third-order valence-corrected chi connectivity index (χ3v) is 3.80. The predicted molar refractivity (Wildman–Crippen MR) is 81.1 cm³/mol. The highest BCUT2D eigenvalue weighted by atomic mass is 79.9. The standard InChI is InChI=1S/C13H6BrCl3O2/c14-8-1-2-12(7(3-8)6-18)19-13-5-10(16)9(15)4-11(13)17/h1-6H. The summed E-state index contributed by atoms with van der Waals surface area (Å²) in [6, 6.07) is 8.05. The molecule has 0 aliphatic carbocycles. The summed E-state index contributed by atoms with van der Waals surface area (Å²) in [6.45, 7) is 0. The summed E-state index contributed by atoms with van der Waals surface area (Å²) >= 11 is 21.0. The Morgan fingerprint density at radius 3 is 2.32 bits per heavy atom. The minimum Gasteiger partial charge on any atom is -0.455 e. The number of hydrogen-bond acceptors (Lipinski definition) is 2. The zero-order chi connectivity index (χ0) is 14.0. The van der Waals surface area contributed by atoms with Crippen molar-refractivity contribution in [3.05, 3.63) is 55.4 Å². The Labute approximate surface area is 133 Å². The Balaban J connectivity index is 2.41. The van der Waals surface area contributed by atoms with Gasteiger partial charge < -0.3 is 4.74 Å². The summed E-state index contributed by atoms with van der Waals surface area (Å²) in [4.78, 5) is 11.0. The van der Waals surface area contributed by atoms with E-state index < -0.39 is 0 Å². The summed E-state index contributed by atoms with van der Waals surface area (Å²) in [5.41, 5.74) is 0.400. The van der Waals surface area contributed by atoms with Crippen LogP contribution in [0.1, 0.15) is 10.4 Å². The maximum Gasteiger partial charge on any atom is 0.153 e. The smallest absolute Gasteiger partial charge is 0.153 e. The molecule has 0 saturated carbocycles. The molecule has 0 saturated heterocycles. The van der Waals surface area contributed by atoms with Gasteiger partial charge in [-0.1, -0.05) is 50.7 Å². The molecule has 2 nitrogen and oxygen atoms in total. The molecule has 0 aromatic heterocycles. The van der Waals surface area contributed by atoms with Gasteiger partial charge in [0.1, 0.15) is 11.5 Å². The predicted octanol–water partition coefficient (Wildman–Crippen LogP) is 6.01. The van der Waals surface area contributed by atoms with E-state index in [1.54, 1.807) is 18.2 Å². The Bertz CT molecular complexity index is 644. The molecular formula is C13H6BrCl3O2. The largest absolute Gasteiger partial charge is 0.455 e. The van der Waals surface area contributed by atoms with E-state index in [4.69, 9.17) is 39.5 Å². The highest BCUT2D eigenvalue weighted by molar-refractivity contribution is 9.10. The number of carbonyl (C=O) groups is 1. The van der Waals surface area contributed by atoms with E-state index >= 15 is 0 Å². The summed E-state index contributed by atoms with van der Waals surface area (Å²) < 4.78 is 6.37. The van der Waals surface area contributed by atoms with Crippen LogP contribution in [-0.4, -0.2) is 6.29 Å². The van der Waals surface area contributed by atoms with Crippen LogP contribution in [0.15, 0.2) is 34.8 Å². The van der Waals surface area contributed by atoms with Crippen molar-refractivity contribution in [3.8, 4) is 11.5 Å². The number of halogens is 4. The molecule has 0 bridgehead atoms. The lowest BCUT2D eigenvalue weighted by Crippen LogP contribution is -1.91. The van der Waals surface area contributed by atoms with Gasteiger partial charge in [-0.25, -0.2) is 0 Å². The molecule has 0 spiro atoms. The van der Waals surface area contributed by atoms with Gasteiger partial charge in [0.2, 0.25) is 0 Å². The Hall–Kier alpha value is -0.740. The quantitative estimate of drug-likeness (QED) is 0.481. The van der Waals surface area contributed by atoms with Crippen LogP contribution in [0, 0.1) is 0 Å². The van der Waals surface area contributed by atoms with Crippen molar-refractivity contribution >= 4 is 57.0 Å². The van der Waals surface area contributed by atoms with E-state index in [9.17, 15) is 4.79 Å². The van der Waals surface area contributed by atoms with Gasteiger partial charge in [-0.3, -0.25) is 4.79 Å². The number of benzene rings is 2. The van der Waals surface area contributed by atoms with Gasteiger partial charge in [0.05, 0.1) is 20.6 Å². The zero-order valence-corrected chi connectivity index (χ0v) is 13.1. The van der Waals surface area contributed by atoms with Gasteiger partial charge in [-0.15, -0.1) is 0 Å². The van der Waals surface area contributed by atoms with Crippen molar-refractivity contribution in [2.24, 2.45) is 0 Å². The molecule has 0 aliphatic heterocycles. The number of carbonyl (C=O) groups excluding carboxylic acids is 1. The summed E-state index contributed by atoms with van der Waals surface area (Å²) in [6.07, 6.45) is 0.700. The second kappa shape index (κ2) is 6.14. The second-order valence-electron chi connectivity index (χ2n) is 3.60. The van der Waals surface area contributed by atoms with Crippen LogP contribution in [0.2, 0.25) is 15.1 Å². The van der Waals surface area contributed by atoms with Crippen molar-refractivity contribution in [3.63, 3.8) is 0 Å². The van der Waals surface area contributed by atoms with Gasteiger partial charge in [0.15, 0.2) is 6.29 Å². The fraction of sp³-hybridized carbons (Fsp3) is 0. The molecule has 0 amide bonds. The lowest BCUT2D eigenvalue weighted by molar-refractivity contribution is 0.112. The average Bonchev–Trinajstić information content (AvgIpc) is 2.37. The molecule has 0 N–H and O–H groups in total. The first-order valence-corrected chi connectivity index (χ1v) is 7.01. The summed E-state index contributed by atoms with van der Waals surface area (Å²) in [7, 11) is 0. The molecule has 0 atom stereocenters. The number of rotatable bonds is 3. The lowest BCUT2D eigenvalue weighted by Gasteiger charge is -2.10. The average molecular weight is 380 g/mol. The third-order valence-electron chi connectivity index (χ3n) is 2.29. The van der Waals surface area contributed by atoms with E-state index in [2.05, 4.69) is 15.9 Å². The van der Waals surface area contributed by atoms with Crippen molar-refractivity contribution in [1.82, 2.24) is 0 Å². The van der Waals surface area contributed by atoms with Gasteiger partial charge in [0, 0.05) is 10.5 Å². The fourth-order valence-electron chi connectivity index (χ4n) is 1.41. The van der Waals surface area contributed by atoms with Crippen molar-refractivity contribution in [1.29, 1.82) is 0 Å². The Morgan fingerprint density at radius 2 is 1.63 bits per heavy atom. The van der Waals surface area contributed by atoms with Crippen LogP contribution in [-0.2, 0) is 0 Å². The molecule has 0 fully saturated rings. The number of ether oxygens (including phenoxy) is 1. The van der Waals surface area contributed by atoms with Crippen molar-refractivity contribution in [2.45, 2.75) is 0 Å². The fourth-order valence-corrected chi connectivity index (χ4v) is 2.36. The van der Waals surface area contributed by atoms with Crippen molar-refractivity contribution < 1.29 is 9.53 Å². The number of hydrogen-bond donors (Lipinski definition) is 0. The van der Waals surface area contributed by atoms with E-state index in [0.717, 1.165) is 4.47 Å². The van der Waals surface area contributed by atoms with Crippen LogP contribution in [0.25, 0.3) is 0 Å². The zero-order valence-electron chi connectivity index (χ0n) is 9.29. The first-order valence-electron chi connectivity index (χ1n) is 5.08. The molecule has 19 heavy (non-hydrogen) atoms. The molecule has 0 unspecified atom stereocenters. The Morgan fingerprint density at radius 1 is 0.947 bits per heavy atom. The highest BCUT2D eigenvalue weighted by Gasteiger charge is 2.11. The molecule has 2 rings (SSSR count).